The molecule has 1 heterocycles. The number of rotatable bonds is 5. The molecule has 0 bridgehead atoms. The Hall–Kier alpha value is -3.64. The van der Waals surface area contributed by atoms with Crippen molar-refractivity contribution in [2.24, 2.45) is 0 Å². The molecule has 0 radical (unpaired) electrons. The highest BCUT2D eigenvalue weighted by Gasteiger charge is 2.17. The molecule has 0 N–H and O–H groups in total. The fourth-order valence-corrected chi connectivity index (χ4v) is 3.91. The summed E-state index contributed by atoms with van der Waals surface area (Å²) in [5, 5.41) is 0.668. The van der Waals surface area contributed by atoms with Crippen molar-refractivity contribution in [1.82, 2.24) is 0 Å². The Bertz CT molecular complexity index is 1380. The first-order chi connectivity index (χ1) is 14.4. The molecule has 0 aliphatic heterocycles. The first kappa shape index (κ1) is 19.7. The zero-order valence-electron chi connectivity index (χ0n) is 16.1. The van der Waals surface area contributed by atoms with Crippen molar-refractivity contribution in [1.29, 1.82) is 0 Å². The summed E-state index contributed by atoms with van der Waals surface area (Å²) < 4.78 is 35.5. The second-order valence-electron chi connectivity index (χ2n) is 6.77. The van der Waals surface area contributed by atoms with E-state index in [1.54, 1.807) is 18.2 Å². The standard InChI is InChI=1S/C24H18O5S/c1-17-7-12-21(13-8-17)30(26,27)29-20-11-14-22-19(15-24(25)28-23(22)16-20)10-9-18-5-3-2-4-6-18/h2-16H,1H3/b10-9+. The number of hydrogen-bond donors (Lipinski definition) is 0. The van der Waals surface area contributed by atoms with Crippen molar-refractivity contribution in [3.8, 4) is 5.75 Å². The summed E-state index contributed by atoms with van der Waals surface area (Å²) in [5.41, 5.74) is 2.30. The summed E-state index contributed by atoms with van der Waals surface area (Å²) >= 11 is 0. The van der Waals surface area contributed by atoms with Crippen molar-refractivity contribution in [3.63, 3.8) is 0 Å². The maximum Gasteiger partial charge on any atom is 0.339 e. The predicted molar refractivity (Wildman–Crippen MR) is 117 cm³/mol. The van der Waals surface area contributed by atoms with Crippen LogP contribution >= 0.6 is 0 Å². The van der Waals surface area contributed by atoms with E-state index in [4.69, 9.17) is 8.60 Å². The van der Waals surface area contributed by atoms with Crippen LogP contribution < -0.4 is 9.81 Å². The van der Waals surface area contributed by atoms with Crippen LogP contribution in [-0.2, 0) is 10.1 Å². The molecule has 0 unspecified atom stereocenters. The summed E-state index contributed by atoms with van der Waals surface area (Å²) in [6, 6.07) is 22.0. The van der Waals surface area contributed by atoms with Gasteiger partial charge in [-0.1, -0.05) is 60.2 Å². The Morgan fingerprint density at radius 1 is 0.867 bits per heavy atom. The molecular weight excluding hydrogens is 400 g/mol. The second kappa shape index (κ2) is 8.00. The summed E-state index contributed by atoms with van der Waals surface area (Å²) in [7, 11) is -4.00. The molecule has 0 fully saturated rings. The minimum Gasteiger partial charge on any atom is -0.423 e. The van der Waals surface area contributed by atoms with Gasteiger partial charge >= 0.3 is 15.7 Å². The average Bonchev–Trinajstić information content (AvgIpc) is 2.72. The maximum absolute atomic E-state index is 12.5. The molecule has 0 aliphatic rings. The highest BCUT2D eigenvalue weighted by atomic mass is 32.2. The lowest BCUT2D eigenvalue weighted by Crippen LogP contribution is -2.09. The van der Waals surface area contributed by atoms with E-state index in [1.807, 2.05) is 49.4 Å². The monoisotopic (exact) mass is 418 g/mol. The molecule has 1 aromatic heterocycles. The maximum atomic E-state index is 12.5. The molecule has 4 aromatic rings. The van der Waals surface area contributed by atoms with Crippen LogP contribution in [0.5, 0.6) is 5.75 Å². The average molecular weight is 418 g/mol. The molecule has 0 aliphatic carbocycles. The molecule has 150 valence electrons. The van der Waals surface area contributed by atoms with Crippen LogP contribution in [0.15, 0.2) is 93.0 Å². The van der Waals surface area contributed by atoms with Gasteiger partial charge in [0, 0.05) is 17.5 Å². The smallest absolute Gasteiger partial charge is 0.339 e. The molecule has 0 saturated carbocycles. The molecule has 5 nitrogen and oxygen atoms in total. The van der Waals surface area contributed by atoms with Gasteiger partial charge in [0.1, 0.15) is 16.2 Å². The van der Waals surface area contributed by atoms with Crippen molar-refractivity contribution in [2.75, 3.05) is 0 Å². The molecule has 4 rings (SSSR count). The Morgan fingerprint density at radius 2 is 1.60 bits per heavy atom. The van der Waals surface area contributed by atoms with Gasteiger partial charge in [0.15, 0.2) is 0 Å². The topological polar surface area (TPSA) is 73.6 Å². The molecule has 0 spiro atoms. The van der Waals surface area contributed by atoms with Gasteiger partial charge in [0.2, 0.25) is 0 Å². The van der Waals surface area contributed by atoms with Gasteiger partial charge in [-0.25, -0.2) is 4.79 Å². The lowest BCUT2D eigenvalue weighted by atomic mass is 10.1. The van der Waals surface area contributed by atoms with E-state index >= 15 is 0 Å². The molecule has 0 atom stereocenters. The minimum absolute atomic E-state index is 0.0502. The second-order valence-corrected chi connectivity index (χ2v) is 8.32. The van der Waals surface area contributed by atoms with E-state index < -0.39 is 15.7 Å². The Kier molecular flexibility index (Phi) is 5.25. The van der Waals surface area contributed by atoms with E-state index in [1.165, 1.54) is 30.3 Å². The van der Waals surface area contributed by atoms with Crippen molar-refractivity contribution >= 4 is 33.2 Å². The zero-order chi connectivity index (χ0) is 21.1. The number of aryl methyl sites for hydroxylation is 1. The Labute approximate surface area is 174 Å². The third-order valence-corrected chi connectivity index (χ3v) is 5.78. The van der Waals surface area contributed by atoms with Crippen LogP contribution in [0.25, 0.3) is 23.1 Å². The van der Waals surface area contributed by atoms with Gasteiger partial charge in [-0.2, -0.15) is 8.42 Å². The number of fused-ring (bicyclic) bond motifs is 1. The summed E-state index contributed by atoms with van der Waals surface area (Å²) in [4.78, 5) is 12.1. The molecule has 3 aromatic carbocycles. The van der Waals surface area contributed by atoms with Crippen LogP contribution in [0.2, 0.25) is 0 Å². The van der Waals surface area contributed by atoms with Crippen LogP contribution in [-0.4, -0.2) is 8.42 Å². The fraction of sp³-hybridized carbons (Fsp3) is 0.0417. The van der Waals surface area contributed by atoms with Crippen LogP contribution in [0.4, 0.5) is 0 Å². The van der Waals surface area contributed by atoms with Crippen molar-refractivity contribution in [2.45, 2.75) is 11.8 Å². The first-order valence-corrected chi connectivity index (χ1v) is 10.6. The quantitative estimate of drug-likeness (QED) is 0.335. The van der Waals surface area contributed by atoms with Crippen LogP contribution in [0, 0.1) is 6.92 Å². The highest BCUT2D eigenvalue weighted by molar-refractivity contribution is 7.87. The van der Waals surface area contributed by atoms with Crippen LogP contribution in [0.1, 0.15) is 16.7 Å². The largest absolute Gasteiger partial charge is 0.423 e. The summed E-state index contributed by atoms with van der Waals surface area (Å²) in [6.07, 6.45) is 3.71. The third kappa shape index (κ3) is 4.34. The summed E-state index contributed by atoms with van der Waals surface area (Å²) in [5.74, 6) is 0.0652. The van der Waals surface area contributed by atoms with E-state index in [9.17, 15) is 13.2 Å². The predicted octanol–water partition coefficient (Wildman–Crippen LogP) is 5.04. The van der Waals surface area contributed by atoms with Crippen molar-refractivity contribution in [3.05, 3.63) is 106 Å². The SMILES string of the molecule is Cc1ccc(S(=O)(=O)Oc2ccc3c(/C=C/c4ccccc4)cc(=O)oc3c2)cc1. The Morgan fingerprint density at radius 3 is 2.33 bits per heavy atom. The third-order valence-electron chi connectivity index (χ3n) is 4.52. The first-order valence-electron chi connectivity index (χ1n) is 9.23. The van der Waals surface area contributed by atoms with Gasteiger partial charge in [-0.15, -0.1) is 0 Å². The zero-order valence-corrected chi connectivity index (χ0v) is 16.9. The van der Waals surface area contributed by atoms with Crippen LogP contribution in [0.3, 0.4) is 0 Å². The van der Waals surface area contributed by atoms with Gasteiger partial charge < -0.3 is 8.60 Å². The number of hydrogen-bond acceptors (Lipinski definition) is 5. The van der Waals surface area contributed by atoms with Gasteiger partial charge in [-0.3, -0.25) is 0 Å². The molecule has 6 heteroatoms. The summed E-state index contributed by atoms with van der Waals surface area (Å²) in [6.45, 7) is 1.87. The van der Waals surface area contributed by atoms with Gasteiger partial charge in [0.25, 0.3) is 0 Å². The van der Waals surface area contributed by atoms with Gasteiger partial charge in [-0.05, 0) is 42.3 Å². The fourth-order valence-electron chi connectivity index (χ4n) is 2.99. The van der Waals surface area contributed by atoms with E-state index in [2.05, 4.69) is 0 Å². The normalized spacial score (nSPS) is 11.8. The Balaban J connectivity index is 1.68. The van der Waals surface area contributed by atoms with E-state index in [0.29, 0.717) is 10.9 Å². The highest BCUT2D eigenvalue weighted by Crippen LogP contribution is 2.26. The molecular formula is C24H18O5S. The molecule has 30 heavy (non-hydrogen) atoms. The minimum atomic E-state index is -4.00. The van der Waals surface area contributed by atoms with E-state index in [-0.39, 0.29) is 16.2 Å². The lowest BCUT2D eigenvalue weighted by molar-refractivity contribution is 0.485. The van der Waals surface area contributed by atoms with Gasteiger partial charge in [0.05, 0.1) is 0 Å². The van der Waals surface area contributed by atoms with Crippen molar-refractivity contribution < 1.29 is 17.0 Å². The lowest BCUT2D eigenvalue weighted by Gasteiger charge is -2.08. The number of benzene rings is 3. The molecule has 0 amide bonds. The molecule has 0 saturated heterocycles. The van der Waals surface area contributed by atoms with E-state index in [0.717, 1.165) is 11.1 Å².